The van der Waals surface area contributed by atoms with Gasteiger partial charge in [0.25, 0.3) is 6.47 Å². The number of pyridine rings is 1. The van der Waals surface area contributed by atoms with E-state index in [4.69, 9.17) is 9.90 Å². The lowest BCUT2D eigenvalue weighted by Crippen LogP contribution is -2.61. The number of fused-ring (bicyclic) bond motifs is 1. The molecule has 1 aromatic heterocycles. The predicted molar refractivity (Wildman–Crippen MR) is 82.4 cm³/mol. The predicted octanol–water partition coefficient (Wildman–Crippen LogP) is 0.813. The summed E-state index contributed by atoms with van der Waals surface area (Å²) in [6.45, 7) is 4.62. The zero-order valence-electron chi connectivity index (χ0n) is 13.3. The first-order chi connectivity index (χ1) is 11.0. The molecular formula is C16H21N3O4. The van der Waals surface area contributed by atoms with Gasteiger partial charge >= 0.3 is 0 Å². The van der Waals surface area contributed by atoms with Crippen LogP contribution in [0.4, 0.5) is 0 Å². The molecule has 7 nitrogen and oxygen atoms in total. The van der Waals surface area contributed by atoms with Gasteiger partial charge in [0.2, 0.25) is 11.8 Å². The lowest BCUT2D eigenvalue weighted by Gasteiger charge is -2.40. The summed E-state index contributed by atoms with van der Waals surface area (Å²) in [5, 5.41) is 6.89. The van der Waals surface area contributed by atoms with Crippen molar-refractivity contribution >= 4 is 18.3 Å². The molecule has 0 radical (unpaired) electrons. The van der Waals surface area contributed by atoms with Crippen molar-refractivity contribution in [3.8, 4) is 0 Å². The topological polar surface area (TPSA) is 90.8 Å². The van der Waals surface area contributed by atoms with Gasteiger partial charge in [0, 0.05) is 12.2 Å². The zero-order valence-corrected chi connectivity index (χ0v) is 13.3. The molecule has 2 aliphatic rings. The van der Waals surface area contributed by atoms with Crippen LogP contribution in [-0.4, -0.2) is 56.8 Å². The number of carboxylic acid groups (broad SMARTS) is 1. The van der Waals surface area contributed by atoms with Crippen LogP contribution < -0.4 is 0 Å². The van der Waals surface area contributed by atoms with Gasteiger partial charge in [-0.1, -0.05) is 6.07 Å². The molecule has 2 atom stereocenters. The zero-order chi connectivity index (χ0) is 17.0. The molecule has 0 aliphatic carbocycles. The van der Waals surface area contributed by atoms with Crippen molar-refractivity contribution in [1.29, 1.82) is 0 Å². The highest BCUT2D eigenvalue weighted by molar-refractivity contribution is 5.97. The smallest absolute Gasteiger partial charge is 0.290 e. The third-order valence-electron chi connectivity index (χ3n) is 4.21. The summed E-state index contributed by atoms with van der Waals surface area (Å²) in [6, 6.07) is 5.12. The number of hydrogen-bond acceptors (Lipinski definition) is 4. The Labute approximate surface area is 134 Å². The molecule has 2 saturated heterocycles. The molecule has 1 aromatic rings. The van der Waals surface area contributed by atoms with E-state index in [0.717, 1.165) is 30.8 Å². The first-order valence-corrected chi connectivity index (χ1v) is 7.61. The van der Waals surface area contributed by atoms with E-state index in [1.165, 1.54) is 0 Å². The molecule has 0 aromatic carbocycles. The number of rotatable bonds is 2. The van der Waals surface area contributed by atoms with Gasteiger partial charge in [0.15, 0.2) is 0 Å². The molecule has 2 aliphatic heterocycles. The third kappa shape index (κ3) is 3.49. The summed E-state index contributed by atoms with van der Waals surface area (Å²) in [4.78, 5) is 41.1. The van der Waals surface area contributed by atoms with E-state index < -0.39 is 0 Å². The Morgan fingerprint density at radius 3 is 2.70 bits per heavy atom. The molecule has 0 saturated carbocycles. The number of aryl methyl sites for hydroxylation is 1. The molecule has 2 amide bonds. The van der Waals surface area contributed by atoms with Gasteiger partial charge in [-0.3, -0.25) is 19.4 Å². The second-order valence-electron chi connectivity index (χ2n) is 5.71. The molecular weight excluding hydrogens is 298 g/mol. The first kappa shape index (κ1) is 16.9. The standard InChI is InChI=1S/C15H19N3O2.CH2O2/c1-10-5-3-6-12(16-10)9-18-11(2)14(19)17-8-4-7-13(17)15(18)20;2-1-3/h3,5-6,11,13H,4,7-9H2,1-2H3;1H,(H,2,3)/t11-,13-;/m0./s1. The van der Waals surface area contributed by atoms with Crippen molar-refractivity contribution in [1.82, 2.24) is 14.8 Å². The maximum Gasteiger partial charge on any atom is 0.290 e. The second kappa shape index (κ2) is 7.21. The van der Waals surface area contributed by atoms with E-state index in [2.05, 4.69) is 4.98 Å². The largest absolute Gasteiger partial charge is 0.483 e. The maximum absolute atomic E-state index is 12.6. The maximum atomic E-state index is 12.6. The fraction of sp³-hybridized carbons (Fsp3) is 0.500. The Kier molecular flexibility index (Phi) is 5.31. The van der Waals surface area contributed by atoms with Gasteiger partial charge < -0.3 is 14.9 Å². The van der Waals surface area contributed by atoms with Crippen LogP contribution in [-0.2, 0) is 20.9 Å². The van der Waals surface area contributed by atoms with Gasteiger partial charge in [-0.15, -0.1) is 0 Å². The molecule has 0 bridgehead atoms. The van der Waals surface area contributed by atoms with Crippen molar-refractivity contribution in [3.63, 3.8) is 0 Å². The Hall–Kier alpha value is -2.44. The highest BCUT2D eigenvalue weighted by atomic mass is 16.3. The number of nitrogens with zero attached hydrogens (tertiary/aromatic N) is 3. The average Bonchev–Trinajstić information content (AvgIpc) is 3.00. The second-order valence-corrected chi connectivity index (χ2v) is 5.71. The van der Waals surface area contributed by atoms with Gasteiger partial charge in [-0.25, -0.2) is 0 Å². The molecule has 0 unspecified atom stereocenters. The number of carbonyl (C=O) groups is 3. The average molecular weight is 319 g/mol. The van der Waals surface area contributed by atoms with E-state index in [9.17, 15) is 9.59 Å². The number of piperazine rings is 1. The molecule has 0 spiro atoms. The van der Waals surface area contributed by atoms with Crippen molar-refractivity contribution in [2.24, 2.45) is 0 Å². The SMILES string of the molecule is Cc1cccc(CN2C(=O)[C@@H]3CCCN3C(=O)[C@@H]2C)n1.O=CO. The molecule has 2 fully saturated rings. The van der Waals surface area contributed by atoms with Crippen LogP contribution in [0.25, 0.3) is 0 Å². The van der Waals surface area contributed by atoms with Crippen LogP contribution in [0.5, 0.6) is 0 Å². The van der Waals surface area contributed by atoms with E-state index in [1.807, 2.05) is 32.0 Å². The molecule has 23 heavy (non-hydrogen) atoms. The van der Waals surface area contributed by atoms with Crippen LogP contribution in [0, 0.1) is 6.92 Å². The van der Waals surface area contributed by atoms with E-state index in [0.29, 0.717) is 6.54 Å². The van der Waals surface area contributed by atoms with Crippen LogP contribution in [0.15, 0.2) is 18.2 Å². The van der Waals surface area contributed by atoms with Crippen LogP contribution in [0.1, 0.15) is 31.2 Å². The minimum absolute atomic E-state index is 0.0675. The summed E-state index contributed by atoms with van der Waals surface area (Å²) in [5.41, 5.74) is 1.76. The van der Waals surface area contributed by atoms with Crippen molar-refractivity contribution in [3.05, 3.63) is 29.6 Å². The molecule has 124 valence electrons. The lowest BCUT2D eigenvalue weighted by atomic mass is 10.1. The Bertz CT molecular complexity index is 605. The van der Waals surface area contributed by atoms with E-state index in [1.54, 1.807) is 9.80 Å². The van der Waals surface area contributed by atoms with E-state index >= 15 is 0 Å². The summed E-state index contributed by atoms with van der Waals surface area (Å²) < 4.78 is 0. The molecule has 3 heterocycles. The first-order valence-electron chi connectivity index (χ1n) is 7.61. The summed E-state index contributed by atoms with van der Waals surface area (Å²) in [6.07, 6.45) is 1.71. The van der Waals surface area contributed by atoms with Crippen LogP contribution in [0.2, 0.25) is 0 Å². The van der Waals surface area contributed by atoms with Crippen LogP contribution in [0.3, 0.4) is 0 Å². The van der Waals surface area contributed by atoms with Gasteiger partial charge in [-0.2, -0.15) is 0 Å². The number of aromatic nitrogens is 1. The van der Waals surface area contributed by atoms with Gasteiger partial charge in [0.1, 0.15) is 12.1 Å². The quantitative estimate of drug-likeness (QED) is 0.815. The minimum atomic E-state index is -0.390. The monoisotopic (exact) mass is 319 g/mol. The normalized spacial score (nSPS) is 23.2. The third-order valence-corrected chi connectivity index (χ3v) is 4.21. The number of carbonyl (C=O) groups excluding carboxylic acids is 2. The lowest BCUT2D eigenvalue weighted by molar-refractivity contribution is -0.159. The Morgan fingerprint density at radius 1 is 1.35 bits per heavy atom. The fourth-order valence-electron chi connectivity index (χ4n) is 3.12. The van der Waals surface area contributed by atoms with Gasteiger partial charge in [0.05, 0.1) is 12.2 Å². The Morgan fingerprint density at radius 2 is 2.04 bits per heavy atom. The van der Waals surface area contributed by atoms with Crippen LogP contribution >= 0.6 is 0 Å². The highest BCUT2D eigenvalue weighted by Gasteiger charge is 2.45. The fourth-order valence-corrected chi connectivity index (χ4v) is 3.12. The number of amides is 2. The van der Waals surface area contributed by atoms with Gasteiger partial charge in [-0.05, 0) is 38.8 Å². The number of hydrogen-bond donors (Lipinski definition) is 1. The minimum Gasteiger partial charge on any atom is -0.483 e. The summed E-state index contributed by atoms with van der Waals surface area (Å²) in [7, 11) is 0. The molecule has 1 N–H and O–H groups in total. The molecule has 7 heteroatoms. The van der Waals surface area contributed by atoms with E-state index in [-0.39, 0.29) is 30.4 Å². The summed E-state index contributed by atoms with van der Waals surface area (Å²) in [5.74, 6) is 0.137. The van der Waals surface area contributed by atoms with Crippen molar-refractivity contribution < 1.29 is 19.5 Å². The van der Waals surface area contributed by atoms with Crippen molar-refractivity contribution in [2.75, 3.05) is 6.54 Å². The van der Waals surface area contributed by atoms with Crippen molar-refractivity contribution in [2.45, 2.75) is 45.3 Å². The summed E-state index contributed by atoms with van der Waals surface area (Å²) >= 11 is 0. The Balaban J connectivity index is 0.000000595. The molecule has 3 rings (SSSR count). The highest BCUT2D eigenvalue weighted by Crippen LogP contribution is 2.27.